The van der Waals surface area contributed by atoms with Gasteiger partial charge in [0.15, 0.2) is 0 Å². The van der Waals surface area contributed by atoms with Gasteiger partial charge in [0.05, 0.1) is 5.69 Å². The van der Waals surface area contributed by atoms with Gasteiger partial charge in [0.2, 0.25) is 0 Å². The zero-order valence-electron chi connectivity index (χ0n) is 11.4. The molecule has 1 N–H and O–H groups in total. The molecule has 1 unspecified atom stereocenters. The zero-order chi connectivity index (χ0) is 14.8. The van der Waals surface area contributed by atoms with Gasteiger partial charge >= 0.3 is 5.97 Å². The van der Waals surface area contributed by atoms with Crippen molar-refractivity contribution in [2.45, 2.75) is 31.6 Å². The van der Waals surface area contributed by atoms with Crippen molar-refractivity contribution in [1.29, 1.82) is 0 Å². The first kappa shape index (κ1) is 14.2. The lowest BCUT2D eigenvalue weighted by atomic mass is 9.92. The molecule has 21 heavy (non-hydrogen) atoms. The van der Waals surface area contributed by atoms with E-state index in [0.29, 0.717) is 12.1 Å². The fourth-order valence-electron chi connectivity index (χ4n) is 2.89. The van der Waals surface area contributed by atoms with E-state index in [1.807, 2.05) is 24.3 Å². The van der Waals surface area contributed by atoms with Crippen LogP contribution in [0.1, 0.15) is 34.9 Å². The summed E-state index contributed by atoms with van der Waals surface area (Å²) in [5.74, 6) is -1.45. The first-order valence-electron chi connectivity index (χ1n) is 6.95. The van der Waals surface area contributed by atoms with Crippen LogP contribution in [0, 0.1) is 0 Å². The molecule has 5 heteroatoms. The normalized spacial score (nSPS) is 14.7. The van der Waals surface area contributed by atoms with Crippen LogP contribution in [0.2, 0.25) is 0 Å². The van der Waals surface area contributed by atoms with Gasteiger partial charge in [0.25, 0.3) is 0 Å². The van der Waals surface area contributed by atoms with Crippen LogP contribution < -0.4 is 0 Å². The Balaban J connectivity index is 1.96. The predicted octanol–water partition coefficient (Wildman–Crippen LogP) is 3.14. The van der Waals surface area contributed by atoms with Crippen molar-refractivity contribution >= 4 is 21.9 Å². The minimum Gasteiger partial charge on any atom is -0.481 e. The van der Waals surface area contributed by atoms with Crippen molar-refractivity contribution in [1.82, 2.24) is 9.97 Å². The molecule has 3 rings (SSSR count). The number of carbonyl (C=O) groups is 1. The Bertz CT molecular complexity index is 688. The molecule has 0 amide bonds. The maximum absolute atomic E-state index is 11.7. The Kier molecular flexibility index (Phi) is 4.01. The number of hydrogen-bond donors (Lipinski definition) is 1. The van der Waals surface area contributed by atoms with Gasteiger partial charge in [0, 0.05) is 10.2 Å². The van der Waals surface area contributed by atoms with Crippen LogP contribution in [0.4, 0.5) is 0 Å². The highest BCUT2D eigenvalue weighted by Crippen LogP contribution is 2.29. The molecule has 1 atom stereocenters. The fraction of sp³-hybridized carbons (Fsp3) is 0.312. The third-order valence-corrected chi connectivity index (χ3v) is 4.36. The molecule has 1 heterocycles. The smallest absolute Gasteiger partial charge is 0.312 e. The van der Waals surface area contributed by atoms with E-state index in [9.17, 15) is 9.90 Å². The summed E-state index contributed by atoms with van der Waals surface area (Å²) >= 11 is 3.42. The fourth-order valence-corrected chi connectivity index (χ4v) is 3.33. The van der Waals surface area contributed by atoms with Gasteiger partial charge in [-0.3, -0.25) is 4.79 Å². The zero-order valence-corrected chi connectivity index (χ0v) is 13.0. The van der Waals surface area contributed by atoms with E-state index in [1.54, 1.807) is 0 Å². The van der Waals surface area contributed by atoms with Crippen LogP contribution in [0.15, 0.2) is 35.1 Å². The van der Waals surface area contributed by atoms with Crippen LogP contribution >= 0.6 is 15.9 Å². The highest BCUT2D eigenvalue weighted by molar-refractivity contribution is 9.10. The highest BCUT2D eigenvalue weighted by atomic mass is 79.9. The number of aliphatic carboxylic acids is 1. The summed E-state index contributed by atoms with van der Waals surface area (Å²) in [6, 6.07) is 7.75. The van der Waals surface area contributed by atoms with Crippen molar-refractivity contribution in [2.24, 2.45) is 0 Å². The average molecular weight is 347 g/mol. The van der Waals surface area contributed by atoms with Crippen LogP contribution in [0.5, 0.6) is 0 Å². The number of aryl methyl sites for hydroxylation is 1. The Morgan fingerprint density at radius 3 is 2.95 bits per heavy atom. The van der Waals surface area contributed by atoms with E-state index in [2.05, 4.69) is 25.9 Å². The maximum atomic E-state index is 11.7. The summed E-state index contributed by atoms with van der Waals surface area (Å²) in [4.78, 5) is 20.3. The molecule has 1 aromatic heterocycles. The van der Waals surface area contributed by atoms with Gasteiger partial charge in [-0.15, -0.1) is 0 Å². The topological polar surface area (TPSA) is 63.1 Å². The lowest BCUT2D eigenvalue weighted by Crippen LogP contribution is -2.18. The highest BCUT2D eigenvalue weighted by Gasteiger charge is 2.28. The van der Waals surface area contributed by atoms with E-state index < -0.39 is 11.9 Å². The number of aromatic nitrogens is 2. The number of fused-ring (bicyclic) bond motifs is 1. The van der Waals surface area contributed by atoms with Crippen molar-refractivity contribution in [3.8, 4) is 0 Å². The van der Waals surface area contributed by atoms with Gasteiger partial charge in [-0.05, 0) is 48.9 Å². The third kappa shape index (κ3) is 2.97. The monoisotopic (exact) mass is 346 g/mol. The number of hydrogen-bond acceptors (Lipinski definition) is 3. The summed E-state index contributed by atoms with van der Waals surface area (Å²) in [6.45, 7) is 0. The van der Waals surface area contributed by atoms with E-state index >= 15 is 0 Å². The van der Waals surface area contributed by atoms with Gasteiger partial charge in [0.1, 0.15) is 12.2 Å². The maximum Gasteiger partial charge on any atom is 0.312 e. The molecule has 0 saturated heterocycles. The van der Waals surface area contributed by atoms with E-state index in [1.165, 1.54) is 6.33 Å². The molecule has 0 fully saturated rings. The van der Waals surface area contributed by atoms with E-state index in [0.717, 1.165) is 40.6 Å². The summed E-state index contributed by atoms with van der Waals surface area (Å²) < 4.78 is 0.956. The van der Waals surface area contributed by atoms with Crippen LogP contribution in [0.25, 0.3) is 0 Å². The molecule has 1 aliphatic rings. The standard InChI is InChI=1S/C16H15BrN2O2/c17-11-4-1-3-10(7-11)8-13(16(20)21)15-12-5-2-6-14(12)18-9-19-15/h1,3-4,7,9,13H,2,5-6,8H2,(H,20,21). The Hall–Kier alpha value is -1.75. The second-order valence-electron chi connectivity index (χ2n) is 5.26. The van der Waals surface area contributed by atoms with Gasteiger partial charge in [-0.1, -0.05) is 28.1 Å². The first-order valence-corrected chi connectivity index (χ1v) is 7.74. The molecule has 0 aliphatic heterocycles. The van der Waals surface area contributed by atoms with Crippen molar-refractivity contribution in [3.63, 3.8) is 0 Å². The number of halogens is 1. The number of nitrogens with zero attached hydrogens (tertiary/aromatic N) is 2. The predicted molar refractivity (Wildman–Crippen MR) is 82.3 cm³/mol. The van der Waals surface area contributed by atoms with Gasteiger partial charge in [-0.2, -0.15) is 0 Å². The lowest BCUT2D eigenvalue weighted by Gasteiger charge is -2.15. The molecular formula is C16H15BrN2O2. The average Bonchev–Trinajstić information content (AvgIpc) is 2.93. The summed E-state index contributed by atoms with van der Waals surface area (Å²) in [6.07, 6.45) is 4.78. The van der Waals surface area contributed by atoms with Crippen molar-refractivity contribution in [2.75, 3.05) is 0 Å². The minimum absolute atomic E-state index is 0.443. The van der Waals surface area contributed by atoms with E-state index in [4.69, 9.17) is 0 Å². The number of rotatable bonds is 4. The van der Waals surface area contributed by atoms with Crippen LogP contribution in [-0.2, 0) is 24.1 Å². The van der Waals surface area contributed by atoms with Crippen molar-refractivity contribution < 1.29 is 9.90 Å². The SMILES string of the molecule is O=C(O)C(Cc1cccc(Br)c1)c1ncnc2c1CCC2. The Labute approximate surface area is 131 Å². The van der Waals surface area contributed by atoms with Crippen LogP contribution in [0.3, 0.4) is 0 Å². The third-order valence-electron chi connectivity index (χ3n) is 3.87. The lowest BCUT2D eigenvalue weighted by molar-refractivity contribution is -0.138. The summed E-state index contributed by atoms with van der Waals surface area (Å²) in [5, 5.41) is 9.62. The summed E-state index contributed by atoms with van der Waals surface area (Å²) in [7, 11) is 0. The van der Waals surface area contributed by atoms with Crippen LogP contribution in [-0.4, -0.2) is 21.0 Å². The first-order chi connectivity index (χ1) is 10.1. The molecule has 0 saturated carbocycles. The minimum atomic E-state index is -0.831. The van der Waals surface area contributed by atoms with Gasteiger partial charge in [-0.25, -0.2) is 9.97 Å². The number of carboxylic acids is 1. The molecule has 1 aromatic carbocycles. The molecule has 108 valence electrons. The van der Waals surface area contributed by atoms with Gasteiger partial charge < -0.3 is 5.11 Å². The summed E-state index contributed by atoms with van der Waals surface area (Å²) in [5.41, 5.74) is 3.73. The molecule has 2 aromatic rings. The molecule has 1 aliphatic carbocycles. The molecule has 0 spiro atoms. The molecule has 4 nitrogen and oxygen atoms in total. The van der Waals surface area contributed by atoms with E-state index in [-0.39, 0.29) is 0 Å². The number of carboxylic acid groups (broad SMARTS) is 1. The Morgan fingerprint density at radius 1 is 1.33 bits per heavy atom. The largest absolute Gasteiger partial charge is 0.481 e. The second kappa shape index (κ2) is 5.93. The second-order valence-corrected chi connectivity index (χ2v) is 6.18. The quantitative estimate of drug-likeness (QED) is 0.923. The number of benzene rings is 1. The molecular weight excluding hydrogens is 332 g/mol. The molecule has 0 bridgehead atoms. The van der Waals surface area contributed by atoms with Crippen molar-refractivity contribution in [3.05, 3.63) is 57.6 Å². The Morgan fingerprint density at radius 2 is 2.19 bits per heavy atom. The molecule has 0 radical (unpaired) electrons.